The van der Waals surface area contributed by atoms with Gasteiger partial charge in [0.2, 0.25) is 6.69 Å². The van der Waals surface area contributed by atoms with E-state index in [4.69, 9.17) is 33.8 Å². The second-order valence-electron chi connectivity index (χ2n) is 5.92. The third kappa shape index (κ3) is 3.80. The van der Waals surface area contributed by atoms with E-state index in [1.807, 2.05) is 13.1 Å². The SMILES string of the molecule is C[Si](C)(Cl)Cl.Cc1c(Cl)cc2c(c1C)C([Si])c1ccccc1-2. The molecule has 0 aromatic heterocycles. The summed E-state index contributed by atoms with van der Waals surface area (Å²) in [5.41, 5.74) is 8.04. The fraction of sp³-hybridized carbons (Fsp3) is 0.294. The van der Waals surface area contributed by atoms with E-state index in [1.165, 1.54) is 33.4 Å². The van der Waals surface area contributed by atoms with Gasteiger partial charge in [-0.2, -0.15) is 0 Å². The largest absolute Gasteiger partial charge is 0.245 e. The van der Waals surface area contributed by atoms with Gasteiger partial charge in [-0.05, 0) is 71.9 Å². The van der Waals surface area contributed by atoms with Crippen molar-refractivity contribution < 1.29 is 0 Å². The highest BCUT2D eigenvalue weighted by Gasteiger charge is 2.27. The highest BCUT2D eigenvalue weighted by molar-refractivity contribution is 7.44. The number of halogens is 3. The zero-order valence-electron chi connectivity index (χ0n) is 13.1. The first-order chi connectivity index (χ1) is 10.1. The van der Waals surface area contributed by atoms with Crippen LogP contribution < -0.4 is 0 Å². The van der Waals surface area contributed by atoms with E-state index in [1.54, 1.807) is 0 Å². The average Bonchev–Trinajstić information content (AvgIpc) is 2.68. The second-order valence-corrected chi connectivity index (χ2v) is 15.8. The van der Waals surface area contributed by atoms with Gasteiger partial charge in [-0.1, -0.05) is 35.9 Å². The molecule has 3 radical (unpaired) electrons. The number of fused-ring (bicyclic) bond motifs is 3. The first-order valence-corrected chi connectivity index (χ1v) is 13.1. The Hall–Kier alpha value is -0.256. The Bertz CT molecular complexity index is 700. The van der Waals surface area contributed by atoms with Crippen LogP contribution in [-0.4, -0.2) is 16.9 Å². The van der Waals surface area contributed by atoms with Crippen LogP contribution >= 0.6 is 33.8 Å². The van der Waals surface area contributed by atoms with Gasteiger partial charge >= 0.3 is 0 Å². The van der Waals surface area contributed by atoms with E-state index in [9.17, 15) is 0 Å². The summed E-state index contributed by atoms with van der Waals surface area (Å²) >= 11 is 17.2. The normalized spacial score (nSPS) is 15.7. The topological polar surface area (TPSA) is 0 Å². The summed E-state index contributed by atoms with van der Waals surface area (Å²) in [6.45, 7) is 6.28. The molecule has 0 heterocycles. The number of hydrogen-bond acceptors (Lipinski definition) is 0. The molecule has 0 N–H and O–H groups in total. The molecule has 2 aromatic carbocycles. The van der Waals surface area contributed by atoms with E-state index in [0.717, 1.165) is 5.02 Å². The van der Waals surface area contributed by atoms with E-state index >= 15 is 0 Å². The molecule has 5 heteroatoms. The summed E-state index contributed by atoms with van der Waals surface area (Å²) in [4.78, 5) is 0. The Morgan fingerprint density at radius 3 is 2.14 bits per heavy atom. The molecule has 0 bridgehead atoms. The van der Waals surface area contributed by atoms with Crippen LogP contribution in [0.25, 0.3) is 11.1 Å². The van der Waals surface area contributed by atoms with Crippen LogP contribution in [-0.2, 0) is 0 Å². The van der Waals surface area contributed by atoms with Crippen molar-refractivity contribution in [1.29, 1.82) is 0 Å². The standard InChI is InChI=1S/C15H12ClSi.C2H6Cl2Si/c1-8-9(2)14-12(7-13(8)16)10-5-3-4-6-11(10)15(14)17;1-5(2,3)4/h3-7,15H,1-2H3;1-2H3. The van der Waals surface area contributed by atoms with Gasteiger partial charge in [0.15, 0.2) is 0 Å². The summed E-state index contributed by atoms with van der Waals surface area (Å²) in [5.74, 6) is 0. The molecule has 2 aromatic rings. The molecule has 115 valence electrons. The van der Waals surface area contributed by atoms with Gasteiger partial charge in [0, 0.05) is 15.3 Å². The molecule has 1 aliphatic carbocycles. The third-order valence-electron chi connectivity index (χ3n) is 3.74. The number of hydrogen-bond donors (Lipinski definition) is 0. The molecule has 1 aliphatic rings. The van der Waals surface area contributed by atoms with Gasteiger partial charge in [0.1, 0.15) is 0 Å². The van der Waals surface area contributed by atoms with Crippen LogP contribution in [0.1, 0.15) is 27.8 Å². The van der Waals surface area contributed by atoms with Crippen LogP contribution in [0.3, 0.4) is 0 Å². The van der Waals surface area contributed by atoms with Gasteiger partial charge in [-0.3, -0.25) is 0 Å². The van der Waals surface area contributed by atoms with Crippen molar-refractivity contribution in [2.75, 3.05) is 0 Å². The Morgan fingerprint density at radius 2 is 1.55 bits per heavy atom. The van der Waals surface area contributed by atoms with Crippen molar-refractivity contribution in [3.63, 3.8) is 0 Å². The smallest absolute Gasteiger partial charge is 0.146 e. The van der Waals surface area contributed by atoms with Crippen molar-refractivity contribution in [2.45, 2.75) is 32.5 Å². The third-order valence-corrected chi connectivity index (χ3v) is 4.73. The Balaban J connectivity index is 0.000000309. The van der Waals surface area contributed by atoms with Gasteiger partial charge in [-0.15, -0.1) is 22.2 Å². The van der Waals surface area contributed by atoms with Crippen molar-refractivity contribution >= 4 is 50.7 Å². The van der Waals surface area contributed by atoms with E-state index in [-0.39, 0.29) is 5.54 Å². The predicted octanol–water partition coefficient (Wildman–Crippen LogP) is 6.36. The molecule has 0 fully saturated rings. The highest BCUT2D eigenvalue weighted by Crippen LogP contribution is 2.46. The maximum atomic E-state index is 6.30. The molecule has 0 saturated carbocycles. The first kappa shape index (κ1) is 18.1. The molecule has 1 atom stereocenters. The first-order valence-electron chi connectivity index (χ1n) is 7.09. The maximum absolute atomic E-state index is 6.30. The van der Waals surface area contributed by atoms with E-state index in [0.29, 0.717) is 0 Å². The zero-order chi connectivity index (χ0) is 16.7. The fourth-order valence-corrected chi connectivity index (χ4v) is 3.51. The molecule has 0 aliphatic heterocycles. The lowest BCUT2D eigenvalue weighted by Gasteiger charge is -2.13. The summed E-state index contributed by atoms with van der Waals surface area (Å²) in [7, 11) is 3.86. The lowest BCUT2D eigenvalue weighted by atomic mass is 9.98. The summed E-state index contributed by atoms with van der Waals surface area (Å²) < 4.78 is 0. The molecular formula is C17H18Cl3Si2. The summed E-state index contributed by atoms with van der Waals surface area (Å²) in [6.07, 6.45) is 0. The highest BCUT2D eigenvalue weighted by atomic mass is 35.7. The maximum Gasteiger partial charge on any atom is 0.245 e. The van der Waals surface area contributed by atoms with Crippen molar-refractivity contribution in [1.82, 2.24) is 0 Å². The molecule has 0 spiro atoms. The molecule has 3 rings (SSSR count). The molecule has 0 saturated heterocycles. The van der Waals surface area contributed by atoms with Crippen LogP contribution in [0.4, 0.5) is 0 Å². The van der Waals surface area contributed by atoms with Crippen LogP contribution in [0, 0.1) is 13.8 Å². The van der Waals surface area contributed by atoms with Gasteiger partial charge in [-0.25, -0.2) is 0 Å². The fourth-order valence-electron chi connectivity index (χ4n) is 2.64. The Labute approximate surface area is 151 Å². The van der Waals surface area contributed by atoms with Gasteiger partial charge in [0.25, 0.3) is 0 Å². The molecular weight excluding hydrogens is 367 g/mol. The van der Waals surface area contributed by atoms with Crippen LogP contribution in [0.2, 0.25) is 18.1 Å². The van der Waals surface area contributed by atoms with E-state index < -0.39 is 6.69 Å². The second kappa shape index (κ2) is 6.70. The minimum absolute atomic E-state index is 0.289. The lowest BCUT2D eigenvalue weighted by Crippen LogP contribution is -2.02. The zero-order valence-corrected chi connectivity index (χ0v) is 17.4. The van der Waals surface area contributed by atoms with Crippen molar-refractivity contribution in [3.8, 4) is 11.1 Å². The Kier molecular flexibility index (Phi) is 5.51. The molecule has 0 nitrogen and oxygen atoms in total. The average molecular weight is 385 g/mol. The van der Waals surface area contributed by atoms with Gasteiger partial charge in [0.05, 0.1) is 0 Å². The molecule has 1 unspecified atom stereocenters. The summed E-state index contributed by atoms with van der Waals surface area (Å²) in [6, 6.07) is 10.6. The minimum Gasteiger partial charge on any atom is -0.146 e. The quantitative estimate of drug-likeness (QED) is 0.366. The predicted molar refractivity (Wildman–Crippen MR) is 103 cm³/mol. The van der Waals surface area contributed by atoms with E-state index in [2.05, 4.69) is 54.4 Å². The van der Waals surface area contributed by atoms with Crippen molar-refractivity contribution in [3.05, 3.63) is 57.6 Å². The molecule has 0 amide bonds. The number of benzene rings is 2. The summed E-state index contributed by atoms with van der Waals surface area (Å²) in [5, 5.41) is 0.858. The molecule has 22 heavy (non-hydrogen) atoms. The number of rotatable bonds is 0. The lowest BCUT2D eigenvalue weighted by molar-refractivity contribution is 1.15. The minimum atomic E-state index is -1.67. The monoisotopic (exact) mass is 383 g/mol. The van der Waals surface area contributed by atoms with Crippen LogP contribution in [0.15, 0.2) is 30.3 Å². The van der Waals surface area contributed by atoms with Crippen LogP contribution in [0.5, 0.6) is 0 Å². The van der Waals surface area contributed by atoms with Gasteiger partial charge < -0.3 is 0 Å². The Morgan fingerprint density at radius 1 is 1.00 bits per heavy atom. The van der Waals surface area contributed by atoms with Crippen molar-refractivity contribution in [2.24, 2.45) is 0 Å².